The van der Waals surface area contributed by atoms with Crippen LogP contribution >= 0.6 is 22.6 Å². The van der Waals surface area contributed by atoms with E-state index in [4.69, 9.17) is 6.42 Å². The van der Waals surface area contributed by atoms with Crippen molar-refractivity contribution in [2.45, 2.75) is 49.6 Å². The molecule has 2 nitrogen and oxygen atoms in total. The highest BCUT2D eigenvalue weighted by atomic mass is 127. The van der Waals surface area contributed by atoms with Crippen molar-refractivity contribution < 1.29 is 9.13 Å². The van der Waals surface area contributed by atoms with Crippen molar-refractivity contribution in [3.05, 3.63) is 53.9 Å². The molecule has 2 aromatic rings. The molecule has 2 heterocycles. The summed E-state index contributed by atoms with van der Waals surface area (Å²) in [5.74, 6) is 2.78. The molecule has 0 spiro atoms. The van der Waals surface area contributed by atoms with Crippen LogP contribution in [0.4, 0.5) is 0 Å². The molecule has 3 heteroatoms. The van der Waals surface area contributed by atoms with Crippen LogP contribution in [0.5, 0.6) is 0 Å². The highest BCUT2D eigenvalue weighted by molar-refractivity contribution is 14.1. The van der Waals surface area contributed by atoms with E-state index in [0.717, 1.165) is 38.8 Å². The van der Waals surface area contributed by atoms with E-state index in [-0.39, 0.29) is 0 Å². The number of nitrogens with zero attached hydrogens (tertiary/aromatic N) is 2. The first kappa shape index (κ1) is 18.1. The van der Waals surface area contributed by atoms with E-state index in [0.29, 0.717) is 3.92 Å². The van der Waals surface area contributed by atoms with Crippen molar-refractivity contribution in [1.82, 2.24) is 0 Å². The minimum Gasteiger partial charge on any atom is -0.193 e. The van der Waals surface area contributed by atoms with Gasteiger partial charge in [-0.1, -0.05) is 35.6 Å². The summed E-state index contributed by atoms with van der Waals surface area (Å²) >= 11 is 2.55. The lowest BCUT2D eigenvalue weighted by atomic mass is 10.00. The first-order valence-corrected chi connectivity index (χ1v) is 10.3. The monoisotopic (exact) mass is 444 g/mol. The summed E-state index contributed by atoms with van der Waals surface area (Å²) in [4.78, 5) is 0. The third-order valence-corrected chi connectivity index (χ3v) is 5.80. The van der Waals surface area contributed by atoms with Crippen LogP contribution in [-0.2, 0) is 13.1 Å². The Morgan fingerprint density at radius 2 is 2.08 bits per heavy atom. The van der Waals surface area contributed by atoms with Crippen LogP contribution in [0, 0.1) is 12.3 Å². The molecule has 0 radical (unpaired) electrons. The van der Waals surface area contributed by atoms with Gasteiger partial charge in [0.25, 0.3) is 11.4 Å². The summed E-state index contributed by atoms with van der Waals surface area (Å²) in [6.45, 7) is 4.21. The van der Waals surface area contributed by atoms with Crippen LogP contribution in [0.1, 0.15) is 47.8 Å². The van der Waals surface area contributed by atoms with E-state index in [1.54, 1.807) is 0 Å². The van der Waals surface area contributed by atoms with Crippen LogP contribution in [0.2, 0.25) is 0 Å². The number of pyridine rings is 2. The van der Waals surface area contributed by atoms with E-state index in [9.17, 15) is 0 Å². The highest BCUT2D eigenvalue weighted by Gasteiger charge is 2.29. The number of terminal acetylenes is 1. The molecule has 0 amide bonds. The average molecular weight is 444 g/mol. The van der Waals surface area contributed by atoms with Crippen molar-refractivity contribution in [2.75, 3.05) is 0 Å². The molecule has 0 fully saturated rings. The largest absolute Gasteiger partial charge is 0.277 e. The predicted octanol–water partition coefficient (Wildman–Crippen LogP) is 4.65. The van der Waals surface area contributed by atoms with E-state index < -0.39 is 0 Å². The highest BCUT2D eigenvalue weighted by Crippen LogP contribution is 2.34. The number of halogens is 1. The molecule has 25 heavy (non-hydrogen) atoms. The maximum atomic E-state index is 5.49. The Labute approximate surface area is 164 Å². The lowest BCUT2D eigenvalue weighted by Crippen LogP contribution is -2.45. The second kappa shape index (κ2) is 8.62. The van der Waals surface area contributed by atoms with E-state index >= 15 is 0 Å². The maximum absolute atomic E-state index is 5.49. The smallest absolute Gasteiger partial charge is 0.193 e. The Bertz CT molecular complexity index is 817. The first-order chi connectivity index (χ1) is 12.3. The van der Waals surface area contributed by atoms with Crippen LogP contribution in [0.25, 0.3) is 17.5 Å². The molecule has 1 unspecified atom stereocenters. The lowest BCUT2D eigenvalue weighted by molar-refractivity contribution is -0.716. The fourth-order valence-electron chi connectivity index (χ4n) is 3.46. The zero-order valence-corrected chi connectivity index (χ0v) is 16.9. The van der Waals surface area contributed by atoms with Crippen molar-refractivity contribution in [3.8, 4) is 23.7 Å². The normalized spacial score (nSPS) is 15.6. The molecular formula is C22H25IN2+2. The van der Waals surface area contributed by atoms with E-state index in [1.165, 1.54) is 22.6 Å². The number of fused-ring (bicyclic) bond motifs is 1. The number of aryl methyl sites for hydroxylation is 1. The number of aromatic nitrogens is 2. The Kier molecular flexibility index (Phi) is 6.25. The zero-order chi connectivity index (χ0) is 17.6. The van der Waals surface area contributed by atoms with Crippen LogP contribution in [0.15, 0.2) is 42.6 Å². The molecule has 0 bridgehead atoms. The fourth-order valence-corrected chi connectivity index (χ4v) is 4.28. The molecule has 1 atom stereocenters. The zero-order valence-electron chi connectivity index (χ0n) is 14.8. The van der Waals surface area contributed by atoms with Gasteiger partial charge in [-0.15, -0.1) is 12.3 Å². The molecule has 2 aromatic heterocycles. The van der Waals surface area contributed by atoms with Gasteiger partial charge in [0.2, 0.25) is 5.69 Å². The van der Waals surface area contributed by atoms with Crippen molar-refractivity contribution >= 4 is 28.7 Å². The van der Waals surface area contributed by atoms with Gasteiger partial charge in [0.05, 0.1) is 0 Å². The SMILES string of the molecule is C#CCCC[n+]1c(-c2cccc[n+]2CCC)ccc2c1C=CCC2I. The van der Waals surface area contributed by atoms with E-state index in [1.807, 2.05) is 0 Å². The van der Waals surface area contributed by atoms with Gasteiger partial charge in [0.15, 0.2) is 12.7 Å². The van der Waals surface area contributed by atoms with E-state index in [2.05, 4.69) is 93.2 Å². The van der Waals surface area contributed by atoms with Crippen LogP contribution in [0.3, 0.4) is 0 Å². The van der Waals surface area contributed by atoms with Crippen LogP contribution in [-0.4, -0.2) is 0 Å². The summed E-state index contributed by atoms with van der Waals surface area (Å²) in [6.07, 6.45) is 16.3. The average Bonchev–Trinajstić information content (AvgIpc) is 2.63. The molecule has 128 valence electrons. The third-order valence-electron chi connectivity index (χ3n) is 4.62. The number of hydrogen-bond donors (Lipinski definition) is 0. The topological polar surface area (TPSA) is 7.76 Å². The van der Waals surface area contributed by atoms with Gasteiger partial charge < -0.3 is 0 Å². The molecule has 1 aliphatic rings. The molecule has 1 aliphatic carbocycles. The molecule has 0 saturated carbocycles. The quantitative estimate of drug-likeness (QED) is 0.202. The molecule has 0 aromatic carbocycles. The number of allylic oxidation sites excluding steroid dienone is 1. The van der Waals surface area contributed by atoms with Gasteiger partial charge in [-0.25, -0.2) is 0 Å². The van der Waals surface area contributed by atoms with Gasteiger partial charge in [-0.05, 0) is 18.6 Å². The lowest BCUT2D eigenvalue weighted by Gasteiger charge is -2.16. The summed E-state index contributed by atoms with van der Waals surface area (Å²) in [6, 6.07) is 11.1. The Morgan fingerprint density at radius 3 is 2.88 bits per heavy atom. The summed E-state index contributed by atoms with van der Waals surface area (Å²) in [7, 11) is 0. The standard InChI is InChI=1S/C22H25IN2/c1-3-5-7-17-25-20-12-9-10-19(23)18(20)13-14-22(25)21-11-6-8-16-24(21)15-4-2/h1,6,8-9,11-14,16,19H,4-5,7,10,15,17H2,2H3/q+2. The predicted molar refractivity (Wildman–Crippen MR) is 111 cm³/mol. The Morgan fingerprint density at radius 1 is 1.20 bits per heavy atom. The number of unbranched alkanes of at least 4 members (excludes halogenated alkanes) is 1. The molecule has 0 saturated heterocycles. The third kappa shape index (κ3) is 3.95. The maximum Gasteiger partial charge on any atom is 0.277 e. The number of alkyl halides is 1. The van der Waals surface area contributed by atoms with Crippen molar-refractivity contribution in [1.29, 1.82) is 0 Å². The van der Waals surface area contributed by atoms with Gasteiger partial charge in [-0.3, -0.25) is 0 Å². The van der Waals surface area contributed by atoms with Gasteiger partial charge in [-0.2, -0.15) is 9.13 Å². The second-order valence-electron chi connectivity index (χ2n) is 6.40. The van der Waals surface area contributed by atoms with Gasteiger partial charge >= 0.3 is 0 Å². The van der Waals surface area contributed by atoms with Gasteiger partial charge in [0.1, 0.15) is 6.54 Å². The molecule has 3 rings (SSSR count). The minimum absolute atomic E-state index is 0.545. The Balaban J connectivity index is 2.14. The molecule has 0 aliphatic heterocycles. The van der Waals surface area contributed by atoms with Crippen molar-refractivity contribution in [3.63, 3.8) is 0 Å². The second-order valence-corrected chi connectivity index (χ2v) is 7.91. The fraction of sp³-hybridized carbons (Fsp3) is 0.364. The van der Waals surface area contributed by atoms with Gasteiger partial charge in [0, 0.05) is 53.0 Å². The number of hydrogen-bond acceptors (Lipinski definition) is 0. The van der Waals surface area contributed by atoms with Crippen LogP contribution < -0.4 is 9.13 Å². The molecular weight excluding hydrogens is 419 g/mol. The number of rotatable bonds is 6. The first-order valence-electron chi connectivity index (χ1n) is 9.06. The Hall–Kier alpha value is -1.67. The van der Waals surface area contributed by atoms with Crippen molar-refractivity contribution in [2.24, 2.45) is 0 Å². The molecule has 0 N–H and O–H groups in total. The summed E-state index contributed by atoms with van der Waals surface area (Å²) in [5.41, 5.74) is 5.33. The summed E-state index contributed by atoms with van der Waals surface area (Å²) in [5, 5.41) is 0. The minimum atomic E-state index is 0.545. The summed E-state index contributed by atoms with van der Waals surface area (Å²) < 4.78 is 5.37.